The first-order chi connectivity index (χ1) is 7.41. The lowest BCUT2D eigenvalue weighted by Gasteiger charge is -2.05. The molecule has 0 saturated heterocycles. The highest BCUT2D eigenvalue weighted by Crippen LogP contribution is 1.86. The highest BCUT2D eigenvalue weighted by atomic mass is 127. The first-order valence-corrected chi connectivity index (χ1v) is 5.79. The molecule has 0 amide bonds. The van der Waals surface area contributed by atoms with Gasteiger partial charge in [0, 0.05) is 6.54 Å². The van der Waals surface area contributed by atoms with Crippen molar-refractivity contribution in [2.75, 3.05) is 52.7 Å². The molecule has 0 aromatic rings. The smallest absolute Gasteiger partial charge is 0.111 e. The molecule has 0 rings (SSSR count). The molecule has 0 aromatic heterocycles. The summed E-state index contributed by atoms with van der Waals surface area (Å²) < 4.78 is 19.2. The summed E-state index contributed by atoms with van der Waals surface area (Å²) in [4.78, 5) is 0. The van der Waals surface area contributed by atoms with Gasteiger partial charge in [0.05, 0.1) is 46.2 Å². The van der Waals surface area contributed by atoms with Crippen LogP contribution >= 0.6 is 22.9 Å². The van der Waals surface area contributed by atoms with E-state index in [1.807, 2.05) is 22.9 Å². The SMILES string of the molecule is NCCOCCOCCOCC/N=N/I. The van der Waals surface area contributed by atoms with Gasteiger partial charge in [-0.15, -0.1) is 3.33 Å². The van der Waals surface area contributed by atoms with Crippen molar-refractivity contribution < 1.29 is 14.2 Å². The Balaban J connectivity index is 2.86. The van der Waals surface area contributed by atoms with Crippen LogP contribution in [0, 0.1) is 0 Å². The third-order valence-electron chi connectivity index (χ3n) is 1.40. The maximum atomic E-state index is 5.25. The molecule has 0 unspecified atom stereocenters. The van der Waals surface area contributed by atoms with Gasteiger partial charge in [0.2, 0.25) is 0 Å². The van der Waals surface area contributed by atoms with E-state index in [4.69, 9.17) is 19.9 Å². The molecule has 0 fully saturated rings. The lowest BCUT2D eigenvalue weighted by molar-refractivity contribution is 0.0174. The van der Waals surface area contributed by atoms with Crippen molar-refractivity contribution in [1.82, 2.24) is 0 Å². The summed E-state index contributed by atoms with van der Waals surface area (Å²) in [5.74, 6) is 0. The summed E-state index contributed by atoms with van der Waals surface area (Å²) in [6.07, 6.45) is 0. The second kappa shape index (κ2) is 14.2. The Bertz CT molecular complexity index is 149. The number of hydrogen-bond donors (Lipinski definition) is 1. The second-order valence-corrected chi connectivity index (χ2v) is 3.00. The van der Waals surface area contributed by atoms with Gasteiger partial charge in [0.1, 0.15) is 22.9 Å². The second-order valence-electron chi connectivity index (χ2n) is 2.57. The van der Waals surface area contributed by atoms with Crippen molar-refractivity contribution in [3.05, 3.63) is 0 Å². The molecule has 7 heteroatoms. The third kappa shape index (κ3) is 14.2. The maximum absolute atomic E-state index is 5.25. The summed E-state index contributed by atoms with van der Waals surface area (Å²) >= 11 is 1.83. The van der Waals surface area contributed by atoms with Crippen LogP contribution in [-0.2, 0) is 14.2 Å². The van der Waals surface area contributed by atoms with Crippen LogP contribution in [0.5, 0.6) is 0 Å². The molecule has 0 aliphatic heterocycles. The number of halogens is 1. The standard InChI is InChI=1S/C8H18IN3O3/c9-12-11-2-4-14-6-8-15-7-5-13-3-1-10/h1-8,10H2/b12-11+. The van der Waals surface area contributed by atoms with E-state index in [9.17, 15) is 0 Å². The summed E-state index contributed by atoms with van der Waals surface area (Å²) in [7, 11) is 0. The average Bonchev–Trinajstić information content (AvgIpc) is 2.26. The van der Waals surface area contributed by atoms with E-state index in [1.54, 1.807) is 0 Å². The summed E-state index contributed by atoms with van der Waals surface area (Å²) in [5, 5.41) is 3.75. The van der Waals surface area contributed by atoms with Crippen molar-refractivity contribution in [3.63, 3.8) is 0 Å². The van der Waals surface area contributed by atoms with Gasteiger partial charge in [-0.05, 0) is 0 Å². The van der Waals surface area contributed by atoms with Gasteiger partial charge < -0.3 is 19.9 Å². The first-order valence-electron chi connectivity index (χ1n) is 4.83. The predicted molar refractivity (Wildman–Crippen MR) is 65.3 cm³/mol. The molecule has 0 heterocycles. The molecule has 0 aromatic carbocycles. The molecule has 2 N–H and O–H groups in total. The predicted octanol–water partition coefficient (Wildman–Crippen LogP) is 0.797. The Morgan fingerprint density at radius 1 is 0.867 bits per heavy atom. The highest BCUT2D eigenvalue weighted by molar-refractivity contribution is 14.1. The molecule has 15 heavy (non-hydrogen) atoms. The number of ether oxygens (including phenoxy) is 3. The Morgan fingerprint density at radius 2 is 1.40 bits per heavy atom. The molecular weight excluding hydrogens is 313 g/mol. The number of nitrogens with zero attached hydrogens (tertiary/aromatic N) is 2. The van der Waals surface area contributed by atoms with E-state index in [0.29, 0.717) is 52.7 Å². The molecular formula is C8H18IN3O3. The number of hydrogen-bond acceptors (Lipinski definition) is 6. The minimum atomic E-state index is 0.550. The van der Waals surface area contributed by atoms with Crippen LogP contribution in [0.1, 0.15) is 0 Å². The van der Waals surface area contributed by atoms with Crippen molar-refractivity contribution in [2.45, 2.75) is 0 Å². The molecule has 90 valence electrons. The van der Waals surface area contributed by atoms with Gasteiger partial charge in [-0.1, -0.05) is 0 Å². The Morgan fingerprint density at radius 3 is 1.93 bits per heavy atom. The summed E-state index contributed by atoms with van der Waals surface area (Å²) in [6.45, 7) is 4.63. The monoisotopic (exact) mass is 331 g/mol. The molecule has 0 radical (unpaired) electrons. The zero-order chi connectivity index (χ0) is 11.2. The van der Waals surface area contributed by atoms with E-state index in [1.165, 1.54) is 0 Å². The minimum absolute atomic E-state index is 0.550. The van der Waals surface area contributed by atoms with Crippen LogP contribution in [-0.4, -0.2) is 52.7 Å². The van der Waals surface area contributed by atoms with E-state index < -0.39 is 0 Å². The van der Waals surface area contributed by atoms with Crippen molar-refractivity contribution in [1.29, 1.82) is 0 Å². The average molecular weight is 331 g/mol. The van der Waals surface area contributed by atoms with Crippen molar-refractivity contribution in [3.8, 4) is 0 Å². The molecule has 0 saturated carbocycles. The van der Waals surface area contributed by atoms with Crippen LogP contribution in [0.25, 0.3) is 0 Å². The van der Waals surface area contributed by atoms with Crippen molar-refractivity contribution in [2.24, 2.45) is 14.2 Å². The fourth-order valence-electron chi connectivity index (χ4n) is 0.768. The van der Waals surface area contributed by atoms with E-state index in [0.717, 1.165) is 0 Å². The maximum Gasteiger partial charge on any atom is 0.111 e. The molecule has 0 atom stereocenters. The fraction of sp³-hybridized carbons (Fsp3) is 1.00. The fourth-order valence-corrected chi connectivity index (χ4v) is 0.984. The molecule has 6 nitrogen and oxygen atoms in total. The summed E-state index contributed by atoms with van der Waals surface area (Å²) in [6, 6.07) is 0. The third-order valence-corrected chi connectivity index (χ3v) is 1.70. The van der Waals surface area contributed by atoms with Gasteiger partial charge in [0.25, 0.3) is 0 Å². The minimum Gasteiger partial charge on any atom is -0.378 e. The van der Waals surface area contributed by atoms with Crippen LogP contribution in [0.2, 0.25) is 0 Å². The van der Waals surface area contributed by atoms with Gasteiger partial charge >= 0.3 is 0 Å². The van der Waals surface area contributed by atoms with E-state index >= 15 is 0 Å². The largest absolute Gasteiger partial charge is 0.378 e. The number of rotatable bonds is 11. The van der Waals surface area contributed by atoms with Crippen LogP contribution in [0.4, 0.5) is 0 Å². The van der Waals surface area contributed by atoms with Crippen LogP contribution < -0.4 is 5.73 Å². The van der Waals surface area contributed by atoms with Crippen LogP contribution in [0.3, 0.4) is 0 Å². The summed E-state index contributed by atoms with van der Waals surface area (Å²) in [5.41, 5.74) is 5.25. The van der Waals surface area contributed by atoms with Gasteiger partial charge in [0.15, 0.2) is 0 Å². The molecule has 0 aliphatic carbocycles. The van der Waals surface area contributed by atoms with Crippen molar-refractivity contribution >= 4 is 22.9 Å². The first kappa shape index (κ1) is 15.2. The zero-order valence-corrected chi connectivity index (χ0v) is 10.9. The number of nitrogens with two attached hydrogens (primary N) is 1. The quantitative estimate of drug-likeness (QED) is 0.345. The highest BCUT2D eigenvalue weighted by Gasteiger charge is 1.90. The van der Waals surface area contributed by atoms with Gasteiger partial charge in [-0.25, -0.2) is 0 Å². The molecule has 0 bridgehead atoms. The van der Waals surface area contributed by atoms with Gasteiger partial charge in [-0.2, -0.15) is 5.11 Å². The Hall–Kier alpha value is 0.170. The Kier molecular flexibility index (Phi) is 14.3. The molecule has 0 spiro atoms. The Labute approximate surface area is 104 Å². The van der Waals surface area contributed by atoms with Gasteiger partial charge in [-0.3, -0.25) is 0 Å². The lowest BCUT2D eigenvalue weighted by atomic mass is 10.7. The van der Waals surface area contributed by atoms with E-state index in [2.05, 4.69) is 8.44 Å². The normalized spacial score (nSPS) is 11.3. The van der Waals surface area contributed by atoms with E-state index in [-0.39, 0.29) is 0 Å². The lowest BCUT2D eigenvalue weighted by Crippen LogP contribution is -2.13. The topological polar surface area (TPSA) is 78.4 Å². The zero-order valence-electron chi connectivity index (χ0n) is 8.73. The van der Waals surface area contributed by atoms with Crippen LogP contribution in [0.15, 0.2) is 8.44 Å². The molecule has 0 aliphatic rings.